The summed E-state index contributed by atoms with van der Waals surface area (Å²) in [5.41, 5.74) is 0.212. The van der Waals surface area contributed by atoms with Gasteiger partial charge >= 0.3 is 0 Å². The maximum Gasteiger partial charge on any atom is 0.257 e. The first kappa shape index (κ1) is 16.6. The third-order valence-corrected chi connectivity index (χ3v) is 3.28. The van der Waals surface area contributed by atoms with Gasteiger partial charge in [0.1, 0.15) is 17.2 Å². The van der Waals surface area contributed by atoms with Crippen molar-refractivity contribution in [3.63, 3.8) is 0 Å². The Kier molecular flexibility index (Phi) is 5.41. The summed E-state index contributed by atoms with van der Waals surface area (Å²) in [6.45, 7) is 1.43. The molecule has 0 spiro atoms. The average molecular weight is 318 g/mol. The second-order valence-electron chi connectivity index (χ2n) is 4.98. The van der Waals surface area contributed by atoms with E-state index >= 15 is 0 Å². The molecule has 0 fully saturated rings. The molecule has 0 bridgehead atoms. The van der Waals surface area contributed by atoms with Gasteiger partial charge in [0.05, 0.1) is 12.6 Å². The number of halogens is 2. The van der Waals surface area contributed by atoms with Gasteiger partial charge in [0.15, 0.2) is 0 Å². The fourth-order valence-electron chi connectivity index (χ4n) is 2.08. The van der Waals surface area contributed by atoms with Gasteiger partial charge in [-0.25, -0.2) is 8.78 Å². The van der Waals surface area contributed by atoms with E-state index in [1.165, 1.54) is 0 Å². The minimum absolute atomic E-state index is 0.245. The SMILES string of the molecule is CC(NC(=O)CNC(=O)c1c(F)cccc1F)c1ccccc1. The molecule has 1 atom stereocenters. The standard InChI is InChI=1S/C17H16F2N2O2/c1-11(12-6-3-2-4-7-12)21-15(22)10-20-17(23)16-13(18)8-5-9-14(16)19/h2-9,11H,10H2,1H3,(H,20,23)(H,21,22). The lowest BCUT2D eigenvalue weighted by atomic mass is 10.1. The molecule has 0 aliphatic carbocycles. The van der Waals surface area contributed by atoms with Gasteiger partial charge in [0.2, 0.25) is 5.91 Å². The maximum absolute atomic E-state index is 13.5. The van der Waals surface area contributed by atoms with Gasteiger partial charge < -0.3 is 10.6 Å². The molecule has 2 amide bonds. The molecule has 2 aromatic carbocycles. The van der Waals surface area contributed by atoms with Crippen molar-refractivity contribution < 1.29 is 18.4 Å². The highest BCUT2D eigenvalue weighted by atomic mass is 19.1. The molecule has 4 nitrogen and oxygen atoms in total. The van der Waals surface area contributed by atoms with E-state index in [9.17, 15) is 18.4 Å². The molecular weight excluding hydrogens is 302 g/mol. The predicted molar refractivity (Wildman–Crippen MR) is 81.7 cm³/mol. The Hall–Kier alpha value is -2.76. The van der Waals surface area contributed by atoms with E-state index in [2.05, 4.69) is 10.6 Å². The van der Waals surface area contributed by atoms with Crippen LogP contribution in [0.25, 0.3) is 0 Å². The van der Waals surface area contributed by atoms with E-state index < -0.39 is 29.0 Å². The summed E-state index contributed by atoms with van der Waals surface area (Å²) in [7, 11) is 0. The van der Waals surface area contributed by atoms with E-state index in [1.807, 2.05) is 30.3 Å². The molecule has 0 aliphatic rings. The molecule has 120 valence electrons. The van der Waals surface area contributed by atoms with Crippen LogP contribution in [0.2, 0.25) is 0 Å². The summed E-state index contributed by atoms with van der Waals surface area (Å²) < 4.78 is 26.9. The Morgan fingerprint density at radius 3 is 2.22 bits per heavy atom. The Morgan fingerprint density at radius 1 is 1.00 bits per heavy atom. The fourth-order valence-corrected chi connectivity index (χ4v) is 2.08. The largest absolute Gasteiger partial charge is 0.348 e. The number of nitrogens with one attached hydrogen (secondary N) is 2. The average Bonchev–Trinajstić information content (AvgIpc) is 2.53. The Bertz CT molecular complexity index is 685. The minimum atomic E-state index is -0.972. The van der Waals surface area contributed by atoms with Crippen LogP contribution < -0.4 is 10.6 Å². The number of hydrogen-bond donors (Lipinski definition) is 2. The third kappa shape index (κ3) is 4.35. The number of carbonyl (C=O) groups is 2. The summed E-state index contributed by atoms with van der Waals surface area (Å²) >= 11 is 0. The summed E-state index contributed by atoms with van der Waals surface area (Å²) in [5, 5.41) is 4.90. The number of hydrogen-bond acceptors (Lipinski definition) is 2. The van der Waals surface area contributed by atoms with E-state index in [0.29, 0.717) is 0 Å². The molecule has 2 aromatic rings. The van der Waals surface area contributed by atoms with Crippen LogP contribution in [0.15, 0.2) is 48.5 Å². The summed E-state index contributed by atoms with van der Waals surface area (Å²) in [6, 6.07) is 12.2. The molecule has 0 saturated heterocycles. The Morgan fingerprint density at radius 2 is 1.61 bits per heavy atom. The molecular formula is C17H16F2N2O2. The zero-order valence-electron chi connectivity index (χ0n) is 12.5. The van der Waals surface area contributed by atoms with Crippen LogP contribution >= 0.6 is 0 Å². The van der Waals surface area contributed by atoms with Crippen LogP contribution in [0.3, 0.4) is 0 Å². The number of rotatable bonds is 5. The molecule has 0 radical (unpaired) electrons. The van der Waals surface area contributed by atoms with Gasteiger partial charge in [0, 0.05) is 0 Å². The highest BCUT2D eigenvalue weighted by molar-refractivity contribution is 5.96. The monoisotopic (exact) mass is 318 g/mol. The zero-order valence-corrected chi connectivity index (χ0v) is 12.5. The van der Waals surface area contributed by atoms with Gasteiger partial charge in [0.25, 0.3) is 5.91 Å². The molecule has 6 heteroatoms. The first-order valence-corrected chi connectivity index (χ1v) is 7.05. The fraction of sp³-hybridized carbons (Fsp3) is 0.176. The van der Waals surface area contributed by atoms with Crippen LogP contribution in [-0.2, 0) is 4.79 Å². The summed E-state index contributed by atoms with van der Waals surface area (Å²) in [5.74, 6) is -3.37. The van der Waals surface area contributed by atoms with E-state index in [-0.39, 0.29) is 12.6 Å². The van der Waals surface area contributed by atoms with Gasteiger partial charge in [-0.15, -0.1) is 0 Å². The van der Waals surface area contributed by atoms with Crippen LogP contribution in [0.5, 0.6) is 0 Å². The van der Waals surface area contributed by atoms with Crippen molar-refractivity contribution in [3.05, 3.63) is 71.3 Å². The van der Waals surface area contributed by atoms with Crippen molar-refractivity contribution in [1.82, 2.24) is 10.6 Å². The highest BCUT2D eigenvalue weighted by Crippen LogP contribution is 2.12. The number of benzene rings is 2. The van der Waals surface area contributed by atoms with Gasteiger partial charge in [-0.2, -0.15) is 0 Å². The molecule has 1 unspecified atom stereocenters. The number of carbonyl (C=O) groups excluding carboxylic acids is 2. The molecule has 2 rings (SSSR count). The minimum Gasteiger partial charge on any atom is -0.348 e. The van der Waals surface area contributed by atoms with Crippen molar-refractivity contribution in [2.75, 3.05) is 6.54 Å². The zero-order chi connectivity index (χ0) is 16.8. The molecule has 0 aromatic heterocycles. The van der Waals surface area contributed by atoms with Gasteiger partial charge in [-0.3, -0.25) is 9.59 Å². The lowest BCUT2D eigenvalue weighted by Crippen LogP contribution is -2.38. The maximum atomic E-state index is 13.5. The molecule has 23 heavy (non-hydrogen) atoms. The second-order valence-corrected chi connectivity index (χ2v) is 4.98. The first-order chi connectivity index (χ1) is 11.0. The molecule has 0 heterocycles. The third-order valence-electron chi connectivity index (χ3n) is 3.28. The smallest absolute Gasteiger partial charge is 0.257 e. The Labute approximate surface area is 132 Å². The summed E-state index contributed by atoms with van der Waals surface area (Å²) in [4.78, 5) is 23.6. The molecule has 0 saturated carbocycles. The lowest BCUT2D eigenvalue weighted by Gasteiger charge is -2.14. The van der Waals surface area contributed by atoms with Gasteiger partial charge in [-0.05, 0) is 24.6 Å². The van der Waals surface area contributed by atoms with E-state index in [1.54, 1.807) is 6.92 Å². The first-order valence-electron chi connectivity index (χ1n) is 7.05. The lowest BCUT2D eigenvalue weighted by molar-refractivity contribution is -0.120. The van der Waals surface area contributed by atoms with Crippen LogP contribution in [0.4, 0.5) is 8.78 Å². The second kappa shape index (κ2) is 7.49. The van der Waals surface area contributed by atoms with Crippen molar-refractivity contribution in [2.24, 2.45) is 0 Å². The molecule has 2 N–H and O–H groups in total. The normalized spacial score (nSPS) is 11.6. The van der Waals surface area contributed by atoms with Crippen LogP contribution in [0, 0.1) is 11.6 Å². The summed E-state index contributed by atoms with van der Waals surface area (Å²) in [6.07, 6.45) is 0. The number of amides is 2. The molecule has 0 aliphatic heterocycles. The van der Waals surface area contributed by atoms with Crippen LogP contribution in [0.1, 0.15) is 28.9 Å². The quantitative estimate of drug-likeness (QED) is 0.890. The highest BCUT2D eigenvalue weighted by Gasteiger charge is 2.18. The Balaban J connectivity index is 1.91. The van der Waals surface area contributed by atoms with Crippen LogP contribution in [-0.4, -0.2) is 18.4 Å². The van der Waals surface area contributed by atoms with Crippen molar-refractivity contribution in [2.45, 2.75) is 13.0 Å². The predicted octanol–water partition coefficient (Wildman–Crippen LogP) is 2.57. The van der Waals surface area contributed by atoms with Crippen molar-refractivity contribution in [1.29, 1.82) is 0 Å². The van der Waals surface area contributed by atoms with E-state index in [0.717, 1.165) is 23.8 Å². The van der Waals surface area contributed by atoms with E-state index in [4.69, 9.17) is 0 Å². The van der Waals surface area contributed by atoms with Crippen molar-refractivity contribution >= 4 is 11.8 Å². The topological polar surface area (TPSA) is 58.2 Å². The van der Waals surface area contributed by atoms with Gasteiger partial charge in [-0.1, -0.05) is 36.4 Å². The van der Waals surface area contributed by atoms with Crippen molar-refractivity contribution in [3.8, 4) is 0 Å².